The van der Waals surface area contributed by atoms with E-state index in [0.29, 0.717) is 23.8 Å². The fraction of sp³-hybridized carbons (Fsp3) is 0.333. The zero-order valence-electron chi connectivity index (χ0n) is 11.7. The summed E-state index contributed by atoms with van der Waals surface area (Å²) in [5.41, 5.74) is 8.80. The summed E-state index contributed by atoms with van der Waals surface area (Å²) < 4.78 is 27.5. The standard InChI is InChI=1S/C15H18N2O2S2/c16-9-12-8-15(20-11-12)21(18,19)17-7-3-6-13-4-1-2-5-14(13)10-17/h1-2,4-5,8,11H,3,6-7,9-10,16H2. The van der Waals surface area contributed by atoms with Crippen LogP contribution in [0.1, 0.15) is 23.1 Å². The Balaban J connectivity index is 1.92. The van der Waals surface area contributed by atoms with Crippen LogP contribution in [-0.2, 0) is 29.5 Å². The van der Waals surface area contributed by atoms with Crippen molar-refractivity contribution in [3.63, 3.8) is 0 Å². The molecule has 0 amide bonds. The number of thiophene rings is 1. The maximum absolute atomic E-state index is 12.8. The highest BCUT2D eigenvalue weighted by Crippen LogP contribution is 2.28. The van der Waals surface area contributed by atoms with Gasteiger partial charge in [-0.15, -0.1) is 11.3 Å². The van der Waals surface area contributed by atoms with Gasteiger partial charge in [0.2, 0.25) is 0 Å². The van der Waals surface area contributed by atoms with Crippen LogP contribution in [-0.4, -0.2) is 19.3 Å². The number of fused-ring (bicyclic) bond motifs is 1. The number of hydrogen-bond donors (Lipinski definition) is 1. The predicted octanol–water partition coefficient (Wildman–Crippen LogP) is 2.34. The summed E-state index contributed by atoms with van der Waals surface area (Å²) in [7, 11) is -3.42. The summed E-state index contributed by atoms with van der Waals surface area (Å²) in [6.07, 6.45) is 1.78. The zero-order valence-corrected chi connectivity index (χ0v) is 13.3. The third-order valence-electron chi connectivity index (χ3n) is 3.78. The highest BCUT2D eigenvalue weighted by Gasteiger charge is 2.28. The first-order chi connectivity index (χ1) is 10.1. The first kappa shape index (κ1) is 14.7. The molecule has 0 radical (unpaired) electrons. The van der Waals surface area contributed by atoms with Gasteiger partial charge in [0.1, 0.15) is 4.21 Å². The van der Waals surface area contributed by atoms with Gasteiger partial charge in [0.25, 0.3) is 10.0 Å². The topological polar surface area (TPSA) is 63.4 Å². The Labute approximate surface area is 129 Å². The van der Waals surface area contributed by atoms with Crippen molar-refractivity contribution in [2.45, 2.75) is 30.1 Å². The van der Waals surface area contributed by atoms with Crippen molar-refractivity contribution < 1.29 is 8.42 Å². The van der Waals surface area contributed by atoms with E-state index < -0.39 is 10.0 Å². The fourth-order valence-corrected chi connectivity index (χ4v) is 5.43. The largest absolute Gasteiger partial charge is 0.326 e. The van der Waals surface area contributed by atoms with Gasteiger partial charge in [0.15, 0.2) is 0 Å². The minimum Gasteiger partial charge on any atom is -0.326 e. The molecule has 0 unspecified atom stereocenters. The molecule has 1 aliphatic heterocycles. The Hall–Kier alpha value is -1.21. The molecule has 0 aliphatic carbocycles. The van der Waals surface area contributed by atoms with Crippen LogP contribution in [0.3, 0.4) is 0 Å². The van der Waals surface area contributed by atoms with E-state index in [1.807, 2.05) is 23.6 Å². The number of hydrogen-bond acceptors (Lipinski definition) is 4. The molecule has 1 aromatic heterocycles. The third-order valence-corrected chi connectivity index (χ3v) is 7.09. The normalized spacial score (nSPS) is 16.4. The quantitative estimate of drug-likeness (QED) is 0.943. The molecule has 0 saturated heterocycles. The van der Waals surface area contributed by atoms with Crippen molar-refractivity contribution in [3.8, 4) is 0 Å². The smallest absolute Gasteiger partial charge is 0.252 e. The molecule has 2 heterocycles. The van der Waals surface area contributed by atoms with Gasteiger partial charge >= 0.3 is 0 Å². The lowest BCUT2D eigenvalue weighted by Gasteiger charge is -2.19. The summed E-state index contributed by atoms with van der Waals surface area (Å²) in [6, 6.07) is 9.77. The second-order valence-corrected chi connectivity index (χ2v) is 8.26. The van der Waals surface area contributed by atoms with Crippen LogP contribution in [0.5, 0.6) is 0 Å². The first-order valence-electron chi connectivity index (χ1n) is 6.95. The van der Waals surface area contributed by atoms with Crippen LogP contribution in [0.2, 0.25) is 0 Å². The summed E-state index contributed by atoms with van der Waals surface area (Å²) in [5, 5.41) is 1.82. The van der Waals surface area contributed by atoms with Crippen LogP contribution in [0.25, 0.3) is 0 Å². The van der Waals surface area contributed by atoms with Gasteiger partial charge in [-0.1, -0.05) is 24.3 Å². The molecule has 2 N–H and O–H groups in total. The summed E-state index contributed by atoms with van der Waals surface area (Å²) in [6.45, 7) is 1.39. The van der Waals surface area contributed by atoms with E-state index in [1.165, 1.54) is 16.9 Å². The minimum absolute atomic E-state index is 0.370. The number of nitrogens with two attached hydrogens (primary N) is 1. The molecule has 3 rings (SSSR count). The lowest BCUT2D eigenvalue weighted by atomic mass is 10.0. The monoisotopic (exact) mass is 322 g/mol. The van der Waals surface area contributed by atoms with E-state index in [0.717, 1.165) is 24.0 Å². The number of rotatable bonds is 3. The van der Waals surface area contributed by atoms with E-state index in [2.05, 4.69) is 6.07 Å². The van der Waals surface area contributed by atoms with Gasteiger partial charge in [-0.2, -0.15) is 4.31 Å². The summed E-state index contributed by atoms with van der Waals surface area (Å²) in [5.74, 6) is 0. The van der Waals surface area contributed by atoms with E-state index in [1.54, 1.807) is 10.4 Å². The Morgan fingerprint density at radius 2 is 2.00 bits per heavy atom. The van der Waals surface area contributed by atoms with Crippen molar-refractivity contribution in [1.82, 2.24) is 4.31 Å². The van der Waals surface area contributed by atoms with Gasteiger partial charge < -0.3 is 5.73 Å². The number of nitrogens with zero attached hydrogens (tertiary/aromatic N) is 1. The molecule has 0 bridgehead atoms. The number of sulfonamides is 1. The van der Waals surface area contributed by atoms with Crippen LogP contribution in [0, 0.1) is 0 Å². The molecular formula is C15H18N2O2S2. The molecule has 0 atom stereocenters. The Morgan fingerprint density at radius 1 is 1.24 bits per heavy atom. The second kappa shape index (κ2) is 5.88. The van der Waals surface area contributed by atoms with Crippen LogP contribution >= 0.6 is 11.3 Å². The van der Waals surface area contributed by atoms with Gasteiger partial charge in [0.05, 0.1) is 0 Å². The van der Waals surface area contributed by atoms with E-state index >= 15 is 0 Å². The van der Waals surface area contributed by atoms with Crippen LogP contribution < -0.4 is 5.73 Å². The molecule has 6 heteroatoms. The highest BCUT2D eigenvalue weighted by molar-refractivity contribution is 7.91. The van der Waals surface area contributed by atoms with Crippen molar-refractivity contribution >= 4 is 21.4 Å². The molecule has 1 aromatic carbocycles. The summed E-state index contributed by atoms with van der Waals surface area (Å²) in [4.78, 5) is 0. The molecular weight excluding hydrogens is 304 g/mol. The van der Waals surface area contributed by atoms with Crippen LogP contribution in [0.4, 0.5) is 0 Å². The third kappa shape index (κ3) is 2.89. The molecule has 2 aromatic rings. The molecule has 0 saturated carbocycles. The van der Waals surface area contributed by atoms with Gasteiger partial charge in [0, 0.05) is 19.6 Å². The molecule has 4 nitrogen and oxygen atoms in total. The fourth-order valence-electron chi connectivity index (χ4n) is 2.60. The van der Waals surface area contributed by atoms with Crippen molar-refractivity contribution in [3.05, 3.63) is 52.4 Å². The minimum atomic E-state index is -3.42. The molecule has 21 heavy (non-hydrogen) atoms. The Kier molecular flexibility index (Phi) is 4.12. The van der Waals surface area contributed by atoms with E-state index in [-0.39, 0.29) is 0 Å². The molecule has 0 spiro atoms. The Morgan fingerprint density at radius 3 is 2.71 bits per heavy atom. The lowest BCUT2D eigenvalue weighted by Crippen LogP contribution is -2.30. The second-order valence-electron chi connectivity index (χ2n) is 5.19. The maximum atomic E-state index is 12.8. The molecule has 0 fully saturated rings. The zero-order chi connectivity index (χ0) is 14.9. The molecule has 1 aliphatic rings. The van der Waals surface area contributed by atoms with Gasteiger partial charge in [-0.3, -0.25) is 0 Å². The van der Waals surface area contributed by atoms with E-state index in [9.17, 15) is 8.42 Å². The predicted molar refractivity (Wildman–Crippen MR) is 84.6 cm³/mol. The van der Waals surface area contributed by atoms with Crippen molar-refractivity contribution in [2.75, 3.05) is 6.54 Å². The average molecular weight is 322 g/mol. The van der Waals surface area contributed by atoms with Crippen molar-refractivity contribution in [1.29, 1.82) is 0 Å². The molecule has 112 valence electrons. The maximum Gasteiger partial charge on any atom is 0.252 e. The van der Waals surface area contributed by atoms with E-state index in [4.69, 9.17) is 5.73 Å². The first-order valence-corrected chi connectivity index (χ1v) is 9.27. The summed E-state index contributed by atoms with van der Waals surface area (Å²) >= 11 is 1.25. The van der Waals surface area contributed by atoms with Crippen LogP contribution in [0.15, 0.2) is 39.9 Å². The highest BCUT2D eigenvalue weighted by atomic mass is 32.2. The number of benzene rings is 1. The number of aryl methyl sites for hydroxylation is 1. The SMILES string of the molecule is NCc1csc(S(=O)(=O)N2CCCc3ccccc3C2)c1. The Bertz CT molecular complexity index is 738. The van der Waals surface area contributed by atoms with Gasteiger partial charge in [-0.25, -0.2) is 8.42 Å². The lowest BCUT2D eigenvalue weighted by molar-refractivity contribution is 0.411. The van der Waals surface area contributed by atoms with Gasteiger partial charge in [-0.05, 0) is 41.0 Å². The van der Waals surface area contributed by atoms with Crippen molar-refractivity contribution in [2.24, 2.45) is 5.73 Å². The average Bonchev–Trinajstić information content (AvgIpc) is 2.87.